The van der Waals surface area contributed by atoms with Crippen LogP contribution in [0.3, 0.4) is 0 Å². The van der Waals surface area contributed by atoms with Gasteiger partial charge >= 0.3 is 5.97 Å². The van der Waals surface area contributed by atoms with Crippen LogP contribution in [0.5, 0.6) is 0 Å². The highest BCUT2D eigenvalue weighted by atomic mass is 16.6. The maximum Gasteiger partial charge on any atom is 0.338 e. The second-order valence-electron chi connectivity index (χ2n) is 6.60. The number of hydrogen-bond donors (Lipinski definition) is 1. The Morgan fingerprint density at radius 3 is 1.97 bits per heavy atom. The minimum Gasteiger partial charge on any atom is -0.465 e. The van der Waals surface area contributed by atoms with Crippen LogP contribution in [0.15, 0.2) is 78.9 Å². The third kappa shape index (κ3) is 4.88. The number of hydrogen-bond acceptors (Lipinski definition) is 5. The van der Waals surface area contributed by atoms with Gasteiger partial charge in [-0.15, -0.1) is 0 Å². The third-order valence-electron chi connectivity index (χ3n) is 4.68. The monoisotopic (exact) mass is 404 g/mol. The Morgan fingerprint density at radius 2 is 1.47 bits per heavy atom. The molecule has 30 heavy (non-hydrogen) atoms. The predicted molar refractivity (Wildman–Crippen MR) is 111 cm³/mol. The molecule has 0 saturated heterocycles. The molecule has 1 amide bonds. The summed E-state index contributed by atoms with van der Waals surface area (Å²) in [6, 6.07) is 23.0. The lowest BCUT2D eigenvalue weighted by molar-refractivity contribution is -0.384. The molecule has 0 fully saturated rings. The lowest BCUT2D eigenvalue weighted by Gasteiger charge is -2.19. The maximum atomic E-state index is 12.8. The summed E-state index contributed by atoms with van der Waals surface area (Å²) in [7, 11) is 1.17. The molecule has 0 spiro atoms. The van der Waals surface area contributed by atoms with Crippen LogP contribution in [-0.2, 0) is 4.74 Å². The summed E-state index contributed by atoms with van der Waals surface area (Å²) in [5.41, 5.74) is 1.66. The number of ether oxygens (including phenoxy) is 1. The van der Waals surface area contributed by atoms with E-state index in [4.69, 9.17) is 0 Å². The van der Waals surface area contributed by atoms with Crippen LogP contribution in [0.2, 0.25) is 0 Å². The Balaban J connectivity index is 1.86. The zero-order valence-corrected chi connectivity index (χ0v) is 16.3. The normalized spacial score (nSPS) is 10.5. The quantitative estimate of drug-likeness (QED) is 0.365. The van der Waals surface area contributed by atoms with Crippen molar-refractivity contribution in [3.05, 3.63) is 111 Å². The standard InChI is InChI=1S/C23H20N2O5/c1-30-23(27)19-12-18(13-20(14-19)25(28)29)22(26)24-15-21(16-8-4-2-5-9-16)17-10-6-3-7-11-17/h2-14,21H,15H2,1H3,(H,24,26). The second kappa shape index (κ2) is 9.47. The number of rotatable bonds is 7. The van der Waals surface area contributed by atoms with Crippen molar-refractivity contribution in [3.63, 3.8) is 0 Å². The molecule has 3 rings (SSSR count). The van der Waals surface area contributed by atoms with Gasteiger partial charge in [0.15, 0.2) is 0 Å². The fourth-order valence-corrected chi connectivity index (χ4v) is 3.18. The molecule has 0 aromatic heterocycles. The summed E-state index contributed by atoms with van der Waals surface area (Å²) < 4.78 is 4.63. The second-order valence-corrected chi connectivity index (χ2v) is 6.60. The van der Waals surface area contributed by atoms with Gasteiger partial charge in [0, 0.05) is 30.2 Å². The number of carbonyl (C=O) groups excluding carboxylic acids is 2. The first-order chi connectivity index (χ1) is 14.5. The van der Waals surface area contributed by atoms with Crippen molar-refractivity contribution in [1.82, 2.24) is 5.32 Å². The lowest BCUT2D eigenvalue weighted by Crippen LogP contribution is -2.29. The van der Waals surface area contributed by atoms with Gasteiger partial charge in [-0.25, -0.2) is 4.79 Å². The summed E-state index contributed by atoms with van der Waals surface area (Å²) >= 11 is 0. The van der Waals surface area contributed by atoms with E-state index in [2.05, 4.69) is 10.1 Å². The van der Waals surface area contributed by atoms with E-state index in [9.17, 15) is 19.7 Å². The van der Waals surface area contributed by atoms with E-state index >= 15 is 0 Å². The molecule has 0 aliphatic heterocycles. The van der Waals surface area contributed by atoms with Crippen LogP contribution in [0.4, 0.5) is 5.69 Å². The number of esters is 1. The first-order valence-electron chi connectivity index (χ1n) is 9.25. The smallest absolute Gasteiger partial charge is 0.338 e. The average Bonchev–Trinajstić information content (AvgIpc) is 2.79. The predicted octanol–water partition coefficient (Wildman–Crippen LogP) is 3.94. The number of nitrogens with one attached hydrogen (secondary N) is 1. The fraction of sp³-hybridized carbons (Fsp3) is 0.130. The minimum atomic E-state index is -0.751. The van der Waals surface area contributed by atoms with Crippen LogP contribution >= 0.6 is 0 Å². The largest absolute Gasteiger partial charge is 0.465 e. The van der Waals surface area contributed by atoms with Crippen molar-refractivity contribution in [1.29, 1.82) is 0 Å². The van der Waals surface area contributed by atoms with E-state index in [0.29, 0.717) is 0 Å². The molecule has 0 heterocycles. The number of benzene rings is 3. The van der Waals surface area contributed by atoms with E-state index in [1.807, 2.05) is 60.7 Å². The zero-order valence-electron chi connectivity index (χ0n) is 16.3. The summed E-state index contributed by atoms with van der Waals surface area (Å²) in [4.78, 5) is 35.1. The van der Waals surface area contributed by atoms with E-state index in [1.165, 1.54) is 13.2 Å². The van der Waals surface area contributed by atoms with Crippen molar-refractivity contribution in [3.8, 4) is 0 Å². The number of nitro groups is 1. The van der Waals surface area contributed by atoms with Gasteiger partial charge in [-0.2, -0.15) is 0 Å². The summed E-state index contributed by atoms with van der Waals surface area (Å²) in [6.07, 6.45) is 0. The molecule has 0 unspecified atom stereocenters. The summed E-state index contributed by atoms with van der Waals surface area (Å²) in [5.74, 6) is -1.37. The van der Waals surface area contributed by atoms with Gasteiger partial charge in [-0.1, -0.05) is 60.7 Å². The maximum absolute atomic E-state index is 12.8. The van der Waals surface area contributed by atoms with Gasteiger partial charge in [0.1, 0.15) is 0 Å². The van der Waals surface area contributed by atoms with Crippen LogP contribution < -0.4 is 5.32 Å². The number of amides is 1. The van der Waals surface area contributed by atoms with Crippen molar-refractivity contribution in [2.75, 3.05) is 13.7 Å². The molecule has 0 atom stereocenters. The molecule has 0 bridgehead atoms. The number of nitrogens with zero attached hydrogens (tertiary/aromatic N) is 1. The first-order valence-corrected chi connectivity index (χ1v) is 9.25. The Labute approximate surface area is 173 Å². The van der Waals surface area contributed by atoms with Gasteiger partial charge in [-0.3, -0.25) is 14.9 Å². The summed E-state index contributed by atoms with van der Waals surface area (Å²) in [5, 5.41) is 14.0. The number of methoxy groups -OCH3 is 1. The molecule has 152 valence electrons. The molecule has 0 aliphatic carbocycles. The number of carbonyl (C=O) groups is 2. The minimum absolute atomic E-state index is 0.0180. The molecular weight excluding hydrogens is 384 g/mol. The SMILES string of the molecule is COC(=O)c1cc(C(=O)NCC(c2ccccc2)c2ccccc2)cc([N+](=O)[O-])c1. The molecule has 7 heteroatoms. The number of nitro benzene ring substituents is 1. The van der Waals surface area contributed by atoms with Gasteiger partial charge in [0.25, 0.3) is 11.6 Å². The van der Waals surface area contributed by atoms with Gasteiger partial charge in [-0.05, 0) is 17.2 Å². The fourth-order valence-electron chi connectivity index (χ4n) is 3.18. The Hall–Kier alpha value is -4.00. The topological polar surface area (TPSA) is 98.5 Å². The molecule has 0 radical (unpaired) electrons. The Morgan fingerprint density at radius 1 is 0.933 bits per heavy atom. The van der Waals surface area contributed by atoms with E-state index in [1.54, 1.807) is 0 Å². The third-order valence-corrected chi connectivity index (χ3v) is 4.68. The van der Waals surface area contributed by atoms with Crippen molar-refractivity contribution in [2.45, 2.75) is 5.92 Å². The zero-order chi connectivity index (χ0) is 21.5. The van der Waals surface area contributed by atoms with Crippen molar-refractivity contribution < 1.29 is 19.2 Å². The van der Waals surface area contributed by atoms with Gasteiger partial charge < -0.3 is 10.1 Å². The van der Waals surface area contributed by atoms with Crippen LogP contribution in [0.1, 0.15) is 37.8 Å². The Bertz CT molecular complexity index is 1010. The van der Waals surface area contributed by atoms with Crippen LogP contribution in [-0.4, -0.2) is 30.5 Å². The molecule has 7 nitrogen and oxygen atoms in total. The van der Waals surface area contributed by atoms with Gasteiger partial charge in [0.05, 0.1) is 17.6 Å². The van der Waals surface area contributed by atoms with Crippen LogP contribution in [0.25, 0.3) is 0 Å². The average molecular weight is 404 g/mol. The van der Waals surface area contributed by atoms with Crippen LogP contribution in [0, 0.1) is 10.1 Å². The molecule has 1 N–H and O–H groups in total. The summed E-state index contributed by atoms with van der Waals surface area (Å²) in [6.45, 7) is 0.281. The lowest BCUT2D eigenvalue weighted by atomic mass is 9.91. The van der Waals surface area contributed by atoms with Crippen molar-refractivity contribution >= 4 is 17.6 Å². The highest BCUT2D eigenvalue weighted by Gasteiger charge is 2.20. The van der Waals surface area contributed by atoms with Gasteiger partial charge in [0.2, 0.25) is 0 Å². The highest BCUT2D eigenvalue weighted by molar-refractivity contribution is 5.99. The molecule has 0 saturated carbocycles. The number of non-ortho nitro benzene ring substituents is 1. The molecule has 3 aromatic carbocycles. The molecule has 3 aromatic rings. The Kier molecular flexibility index (Phi) is 6.54. The highest BCUT2D eigenvalue weighted by Crippen LogP contribution is 2.24. The van der Waals surface area contributed by atoms with Crippen molar-refractivity contribution in [2.24, 2.45) is 0 Å². The molecule has 0 aliphatic rings. The van der Waals surface area contributed by atoms with E-state index in [0.717, 1.165) is 23.3 Å². The first kappa shape index (κ1) is 20.7. The van der Waals surface area contributed by atoms with E-state index in [-0.39, 0.29) is 29.3 Å². The molecular formula is C23H20N2O5. The van der Waals surface area contributed by atoms with E-state index < -0.39 is 16.8 Å².